The van der Waals surface area contributed by atoms with E-state index in [9.17, 15) is 13.2 Å². The van der Waals surface area contributed by atoms with Gasteiger partial charge in [0, 0.05) is 68.7 Å². The number of anilines is 2. The first-order valence-electron chi connectivity index (χ1n) is 10.5. The molecule has 0 bridgehead atoms. The molecule has 8 heteroatoms. The van der Waals surface area contributed by atoms with E-state index in [0.29, 0.717) is 24.2 Å². The molecule has 0 amide bonds. The SMILES string of the molecule is CN1C/C(=C2\Nc3ccccc3C2=NCCN2CCNCC2)c2cc(F)c(F)c(F)c21. The van der Waals surface area contributed by atoms with Gasteiger partial charge in [0.05, 0.1) is 23.6 Å². The van der Waals surface area contributed by atoms with E-state index in [1.807, 2.05) is 24.3 Å². The molecule has 0 spiro atoms. The fourth-order valence-electron chi connectivity index (χ4n) is 4.55. The molecule has 0 radical (unpaired) electrons. The Kier molecular flexibility index (Phi) is 5.19. The van der Waals surface area contributed by atoms with Crippen molar-refractivity contribution in [2.45, 2.75) is 0 Å². The minimum atomic E-state index is -1.44. The van der Waals surface area contributed by atoms with Crippen molar-refractivity contribution in [2.75, 3.05) is 63.1 Å². The highest BCUT2D eigenvalue weighted by molar-refractivity contribution is 6.25. The summed E-state index contributed by atoms with van der Waals surface area (Å²) in [6.07, 6.45) is 0. The molecule has 0 saturated carbocycles. The van der Waals surface area contributed by atoms with Gasteiger partial charge in [-0.1, -0.05) is 18.2 Å². The molecule has 0 atom stereocenters. The van der Waals surface area contributed by atoms with Gasteiger partial charge in [-0.3, -0.25) is 9.89 Å². The Morgan fingerprint density at radius 3 is 2.61 bits per heavy atom. The maximum absolute atomic E-state index is 14.5. The van der Waals surface area contributed by atoms with Crippen LogP contribution in [0.25, 0.3) is 5.57 Å². The summed E-state index contributed by atoms with van der Waals surface area (Å²) in [5, 5.41) is 6.73. The van der Waals surface area contributed by atoms with Crippen molar-refractivity contribution in [1.82, 2.24) is 10.2 Å². The second-order valence-corrected chi connectivity index (χ2v) is 8.08. The average molecular weight is 427 g/mol. The molecular formula is C23H24F3N5. The van der Waals surface area contributed by atoms with Crippen LogP contribution < -0.4 is 15.5 Å². The number of piperazine rings is 1. The van der Waals surface area contributed by atoms with Crippen LogP contribution >= 0.6 is 0 Å². The molecule has 2 N–H and O–H groups in total. The number of benzene rings is 2. The van der Waals surface area contributed by atoms with E-state index in [1.165, 1.54) is 0 Å². The van der Waals surface area contributed by atoms with Crippen LogP contribution in [0.2, 0.25) is 0 Å². The number of hydrogen-bond acceptors (Lipinski definition) is 5. The number of hydrogen-bond donors (Lipinski definition) is 2. The summed E-state index contributed by atoms with van der Waals surface area (Å²) < 4.78 is 42.4. The lowest BCUT2D eigenvalue weighted by Crippen LogP contribution is -2.44. The van der Waals surface area contributed by atoms with Gasteiger partial charge < -0.3 is 15.5 Å². The normalized spacial score (nSPS) is 22.1. The highest BCUT2D eigenvalue weighted by atomic mass is 19.2. The van der Waals surface area contributed by atoms with Crippen LogP contribution in [-0.4, -0.2) is 63.5 Å². The Hall–Kier alpha value is -2.84. The van der Waals surface area contributed by atoms with Gasteiger partial charge in [0.2, 0.25) is 0 Å². The summed E-state index contributed by atoms with van der Waals surface area (Å²) in [5.41, 5.74) is 4.55. The molecule has 1 fully saturated rings. The minimum Gasteiger partial charge on any atom is -0.367 e. The zero-order chi connectivity index (χ0) is 21.5. The molecule has 162 valence electrons. The first kappa shape index (κ1) is 20.1. The fourth-order valence-corrected chi connectivity index (χ4v) is 4.55. The molecule has 3 aliphatic heterocycles. The van der Waals surface area contributed by atoms with Crippen molar-refractivity contribution in [3.63, 3.8) is 0 Å². The lowest BCUT2D eigenvalue weighted by Gasteiger charge is -2.26. The predicted octanol–water partition coefficient (Wildman–Crippen LogP) is 3.08. The Bertz CT molecular complexity index is 1090. The zero-order valence-corrected chi connectivity index (χ0v) is 17.3. The zero-order valence-electron chi connectivity index (χ0n) is 17.3. The van der Waals surface area contributed by atoms with Gasteiger partial charge in [-0.15, -0.1) is 0 Å². The van der Waals surface area contributed by atoms with Crippen molar-refractivity contribution < 1.29 is 13.2 Å². The van der Waals surface area contributed by atoms with Gasteiger partial charge in [-0.2, -0.15) is 0 Å². The number of likely N-dealkylation sites (N-methyl/N-ethyl adjacent to an activating group) is 1. The van der Waals surface area contributed by atoms with E-state index < -0.39 is 17.5 Å². The van der Waals surface area contributed by atoms with Crippen LogP contribution in [0.5, 0.6) is 0 Å². The van der Waals surface area contributed by atoms with Crippen LogP contribution in [0.4, 0.5) is 24.5 Å². The molecular weight excluding hydrogens is 403 g/mol. The highest BCUT2D eigenvalue weighted by Gasteiger charge is 2.34. The quantitative estimate of drug-likeness (QED) is 0.739. The Morgan fingerprint density at radius 2 is 1.81 bits per heavy atom. The van der Waals surface area contributed by atoms with Gasteiger partial charge in [0.1, 0.15) is 0 Å². The van der Waals surface area contributed by atoms with Crippen molar-refractivity contribution in [3.8, 4) is 0 Å². The van der Waals surface area contributed by atoms with Crippen molar-refractivity contribution in [1.29, 1.82) is 0 Å². The third kappa shape index (κ3) is 3.49. The van der Waals surface area contributed by atoms with Gasteiger partial charge in [0.15, 0.2) is 17.5 Å². The van der Waals surface area contributed by atoms with E-state index in [0.717, 1.165) is 61.4 Å². The molecule has 0 aromatic heterocycles. The topological polar surface area (TPSA) is 42.9 Å². The lowest BCUT2D eigenvalue weighted by atomic mass is 10.0. The first-order chi connectivity index (χ1) is 15.0. The van der Waals surface area contributed by atoms with Crippen LogP contribution in [0.15, 0.2) is 41.0 Å². The standard InChI is InChI=1S/C23H24F3N5/c1-30-13-16(15-12-17(24)19(25)20(26)23(15)30)22-21(14-4-2-3-5-18(14)29-22)28-8-11-31-9-6-27-7-10-31/h2-5,12,27,29H,6-11,13H2,1H3/b22-16+,28-21?. The third-order valence-electron chi connectivity index (χ3n) is 6.11. The van der Waals surface area contributed by atoms with E-state index >= 15 is 0 Å². The third-order valence-corrected chi connectivity index (χ3v) is 6.11. The number of rotatable bonds is 3. The molecule has 3 aliphatic rings. The molecule has 2 aromatic rings. The van der Waals surface area contributed by atoms with E-state index in [1.54, 1.807) is 11.9 Å². The second kappa shape index (κ2) is 8.01. The summed E-state index contributed by atoms with van der Waals surface area (Å²) in [5.74, 6) is -3.78. The molecule has 2 aromatic carbocycles. The second-order valence-electron chi connectivity index (χ2n) is 8.08. The summed E-state index contributed by atoms with van der Waals surface area (Å²) in [6.45, 7) is 5.76. The summed E-state index contributed by atoms with van der Waals surface area (Å²) >= 11 is 0. The number of allylic oxidation sites excluding steroid dienone is 1. The largest absolute Gasteiger partial charge is 0.367 e. The maximum Gasteiger partial charge on any atom is 0.196 e. The summed E-state index contributed by atoms with van der Waals surface area (Å²) in [7, 11) is 1.68. The van der Waals surface area contributed by atoms with E-state index in [-0.39, 0.29) is 5.69 Å². The summed E-state index contributed by atoms with van der Waals surface area (Å²) in [4.78, 5) is 8.88. The number of fused-ring (bicyclic) bond motifs is 2. The Labute approximate surface area is 179 Å². The van der Waals surface area contributed by atoms with Crippen LogP contribution in [0, 0.1) is 17.5 Å². The maximum atomic E-state index is 14.5. The highest BCUT2D eigenvalue weighted by Crippen LogP contribution is 2.42. The summed E-state index contributed by atoms with van der Waals surface area (Å²) in [6, 6.07) is 8.91. The molecule has 31 heavy (non-hydrogen) atoms. The van der Waals surface area contributed by atoms with E-state index in [4.69, 9.17) is 4.99 Å². The smallest absolute Gasteiger partial charge is 0.196 e. The molecule has 5 nitrogen and oxygen atoms in total. The van der Waals surface area contributed by atoms with Crippen LogP contribution in [-0.2, 0) is 0 Å². The molecule has 5 rings (SSSR count). The first-order valence-corrected chi connectivity index (χ1v) is 10.5. The van der Waals surface area contributed by atoms with E-state index in [2.05, 4.69) is 15.5 Å². The molecule has 0 unspecified atom stereocenters. The van der Waals surface area contributed by atoms with Gasteiger partial charge >= 0.3 is 0 Å². The molecule has 1 saturated heterocycles. The Balaban J connectivity index is 1.55. The number of nitrogens with zero attached hydrogens (tertiary/aromatic N) is 3. The van der Waals surface area contributed by atoms with Crippen molar-refractivity contribution >= 4 is 22.7 Å². The lowest BCUT2D eigenvalue weighted by molar-refractivity contribution is 0.247. The number of aliphatic imine (C=N–C) groups is 1. The minimum absolute atomic E-state index is 0.0827. The van der Waals surface area contributed by atoms with Gasteiger partial charge in [-0.05, 0) is 12.1 Å². The van der Waals surface area contributed by atoms with Crippen molar-refractivity contribution in [3.05, 3.63) is 64.6 Å². The van der Waals surface area contributed by atoms with Gasteiger partial charge in [0.25, 0.3) is 0 Å². The number of para-hydroxylation sites is 1. The predicted molar refractivity (Wildman–Crippen MR) is 117 cm³/mol. The Morgan fingerprint density at radius 1 is 1.03 bits per heavy atom. The average Bonchev–Trinajstić information content (AvgIpc) is 3.30. The fraction of sp³-hybridized carbons (Fsp3) is 0.348. The number of halogens is 3. The van der Waals surface area contributed by atoms with Crippen LogP contribution in [0.1, 0.15) is 11.1 Å². The van der Waals surface area contributed by atoms with Crippen LogP contribution in [0.3, 0.4) is 0 Å². The van der Waals surface area contributed by atoms with Gasteiger partial charge in [-0.25, -0.2) is 13.2 Å². The molecule has 3 heterocycles. The number of nitrogens with one attached hydrogen (secondary N) is 2. The molecule has 0 aliphatic carbocycles. The van der Waals surface area contributed by atoms with Crippen molar-refractivity contribution in [2.24, 2.45) is 4.99 Å². The monoisotopic (exact) mass is 427 g/mol.